The Bertz CT molecular complexity index is 709. The zero-order valence-electron chi connectivity index (χ0n) is 12.3. The van der Waals surface area contributed by atoms with Crippen molar-refractivity contribution >= 4 is 11.9 Å². The van der Waals surface area contributed by atoms with Gasteiger partial charge >= 0.3 is 5.97 Å². The van der Waals surface area contributed by atoms with E-state index in [1.165, 1.54) is 0 Å². The van der Waals surface area contributed by atoms with Gasteiger partial charge in [-0.1, -0.05) is 18.2 Å². The van der Waals surface area contributed by atoms with Gasteiger partial charge in [0.25, 0.3) is 5.91 Å². The van der Waals surface area contributed by atoms with Crippen LogP contribution in [0.25, 0.3) is 5.69 Å². The molecule has 1 amide bonds. The molecule has 0 bridgehead atoms. The first-order valence-electron chi connectivity index (χ1n) is 7.20. The van der Waals surface area contributed by atoms with Crippen LogP contribution >= 0.6 is 0 Å². The molecule has 0 saturated carbocycles. The molecule has 1 N–H and O–H groups in total. The fraction of sp³-hybridized carbons (Fsp3) is 0.312. The molecule has 2 aromatic rings. The van der Waals surface area contributed by atoms with Crippen LogP contribution < -0.4 is 0 Å². The van der Waals surface area contributed by atoms with Crippen LogP contribution in [0.5, 0.6) is 0 Å². The fourth-order valence-corrected chi connectivity index (χ4v) is 2.70. The van der Waals surface area contributed by atoms with Gasteiger partial charge in [-0.15, -0.1) is 0 Å². The summed E-state index contributed by atoms with van der Waals surface area (Å²) in [6.07, 6.45) is 2.22. The Hall–Kier alpha value is -2.63. The maximum absolute atomic E-state index is 12.6. The smallest absolute Gasteiger partial charge is 0.308 e. The average Bonchev–Trinajstić information content (AvgIpc) is 3.14. The third-order valence-corrected chi connectivity index (χ3v) is 3.97. The van der Waals surface area contributed by atoms with Crippen molar-refractivity contribution in [1.29, 1.82) is 0 Å². The van der Waals surface area contributed by atoms with Crippen LogP contribution in [0.4, 0.5) is 0 Å². The Morgan fingerprint density at radius 1 is 1.27 bits per heavy atom. The number of carboxylic acids is 1. The minimum Gasteiger partial charge on any atom is -0.481 e. The van der Waals surface area contributed by atoms with Crippen LogP contribution in [0.3, 0.4) is 0 Å². The van der Waals surface area contributed by atoms with E-state index in [1.807, 2.05) is 30.3 Å². The van der Waals surface area contributed by atoms with Crippen molar-refractivity contribution in [2.75, 3.05) is 13.1 Å². The lowest BCUT2D eigenvalue weighted by molar-refractivity contribution is -0.141. The minimum atomic E-state index is -0.841. The molecule has 114 valence electrons. The zero-order chi connectivity index (χ0) is 15.7. The van der Waals surface area contributed by atoms with Gasteiger partial charge in [-0.2, -0.15) is 5.10 Å². The monoisotopic (exact) mass is 299 g/mol. The van der Waals surface area contributed by atoms with E-state index >= 15 is 0 Å². The lowest BCUT2D eigenvalue weighted by atomic mass is 10.1. The molecule has 1 unspecified atom stereocenters. The quantitative estimate of drug-likeness (QED) is 0.936. The molecule has 1 aromatic heterocycles. The number of carboxylic acid groups (broad SMARTS) is 1. The first-order chi connectivity index (χ1) is 10.6. The third kappa shape index (κ3) is 2.59. The molecule has 3 rings (SSSR count). The molecule has 2 heterocycles. The maximum atomic E-state index is 12.6. The largest absolute Gasteiger partial charge is 0.481 e. The first kappa shape index (κ1) is 14.3. The summed E-state index contributed by atoms with van der Waals surface area (Å²) in [7, 11) is 0. The van der Waals surface area contributed by atoms with Gasteiger partial charge in [0.15, 0.2) is 0 Å². The molecule has 1 fully saturated rings. The second-order valence-electron chi connectivity index (χ2n) is 5.48. The topological polar surface area (TPSA) is 75.4 Å². The van der Waals surface area contributed by atoms with Crippen molar-refractivity contribution in [2.45, 2.75) is 13.3 Å². The average molecular weight is 299 g/mol. The second kappa shape index (κ2) is 5.63. The van der Waals surface area contributed by atoms with E-state index in [1.54, 1.807) is 22.7 Å². The van der Waals surface area contributed by atoms with E-state index in [-0.39, 0.29) is 12.5 Å². The molecule has 0 spiro atoms. The number of para-hydroxylation sites is 1. The van der Waals surface area contributed by atoms with Crippen molar-refractivity contribution in [1.82, 2.24) is 14.7 Å². The summed E-state index contributed by atoms with van der Waals surface area (Å²) in [5.41, 5.74) is 2.05. The van der Waals surface area contributed by atoms with E-state index in [0.29, 0.717) is 24.2 Å². The summed E-state index contributed by atoms with van der Waals surface area (Å²) < 4.78 is 1.67. The highest BCUT2D eigenvalue weighted by atomic mass is 16.4. The highest BCUT2D eigenvalue weighted by molar-refractivity contribution is 5.95. The molecule has 1 atom stereocenters. The van der Waals surface area contributed by atoms with Crippen molar-refractivity contribution < 1.29 is 14.7 Å². The number of nitrogens with zero attached hydrogens (tertiary/aromatic N) is 3. The standard InChI is InChI=1S/C16H17N3O3/c1-11-14(10-19(17-11)13-5-3-2-4-6-13)15(20)18-8-7-12(9-18)16(21)22/h2-6,10,12H,7-9H2,1H3,(H,21,22). The van der Waals surface area contributed by atoms with Gasteiger partial charge in [-0.05, 0) is 25.5 Å². The number of hydrogen-bond acceptors (Lipinski definition) is 3. The lowest BCUT2D eigenvalue weighted by Gasteiger charge is -2.14. The predicted molar refractivity (Wildman–Crippen MR) is 79.9 cm³/mol. The van der Waals surface area contributed by atoms with E-state index in [4.69, 9.17) is 5.11 Å². The molecule has 1 aromatic carbocycles. The van der Waals surface area contributed by atoms with Crippen molar-refractivity contribution in [3.05, 3.63) is 47.8 Å². The molecular formula is C16H17N3O3. The zero-order valence-corrected chi connectivity index (χ0v) is 12.3. The number of hydrogen-bond donors (Lipinski definition) is 1. The number of likely N-dealkylation sites (tertiary alicyclic amines) is 1. The van der Waals surface area contributed by atoms with E-state index in [0.717, 1.165) is 5.69 Å². The molecular weight excluding hydrogens is 282 g/mol. The van der Waals surface area contributed by atoms with E-state index < -0.39 is 11.9 Å². The van der Waals surface area contributed by atoms with Gasteiger partial charge in [0, 0.05) is 19.3 Å². The van der Waals surface area contributed by atoms with Crippen LogP contribution in [-0.4, -0.2) is 44.8 Å². The number of benzene rings is 1. The Balaban J connectivity index is 1.82. The van der Waals surface area contributed by atoms with Gasteiger partial charge in [0.2, 0.25) is 0 Å². The number of aromatic nitrogens is 2. The van der Waals surface area contributed by atoms with Crippen LogP contribution in [0, 0.1) is 12.8 Å². The molecule has 22 heavy (non-hydrogen) atoms. The van der Waals surface area contributed by atoms with Crippen LogP contribution in [-0.2, 0) is 4.79 Å². The van der Waals surface area contributed by atoms with Crippen LogP contribution in [0.15, 0.2) is 36.5 Å². The first-order valence-corrected chi connectivity index (χ1v) is 7.20. The van der Waals surface area contributed by atoms with Crippen molar-refractivity contribution in [3.63, 3.8) is 0 Å². The van der Waals surface area contributed by atoms with Gasteiger partial charge in [-0.3, -0.25) is 9.59 Å². The van der Waals surface area contributed by atoms with Gasteiger partial charge < -0.3 is 10.0 Å². The third-order valence-electron chi connectivity index (χ3n) is 3.97. The molecule has 0 aliphatic carbocycles. The Morgan fingerprint density at radius 2 is 2.00 bits per heavy atom. The second-order valence-corrected chi connectivity index (χ2v) is 5.48. The van der Waals surface area contributed by atoms with Crippen LogP contribution in [0.1, 0.15) is 22.5 Å². The summed E-state index contributed by atoms with van der Waals surface area (Å²) in [5, 5.41) is 13.4. The van der Waals surface area contributed by atoms with E-state index in [9.17, 15) is 9.59 Å². The SMILES string of the molecule is Cc1nn(-c2ccccc2)cc1C(=O)N1CCC(C(=O)O)C1. The number of carbonyl (C=O) groups excluding carboxylic acids is 1. The summed E-state index contributed by atoms with van der Waals surface area (Å²) in [4.78, 5) is 25.2. The van der Waals surface area contributed by atoms with Gasteiger partial charge in [-0.25, -0.2) is 4.68 Å². The molecule has 0 radical (unpaired) electrons. The molecule has 6 nitrogen and oxygen atoms in total. The lowest BCUT2D eigenvalue weighted by Crippen LogP contribution is -2.30. The highest BCUT2D eigenvalue weighted by Gasteiger charge is 2.32. The number of carbonyl (C=O) groups is 2. The predicted octanol–water partition coefficient (Wildman–Crippen LogP) is 1.73. The summed E-state index contributed by atoms with van der Waals surface area (Å²) in [6.45, 7) is 2.54. The van der Waals surface area contributed by atoms with Gasteiger partial charge in [0.05, 0.1) is 22.9 Å². The highest BCUT2D eigenvalue weighted by Crippen LogP contribution is 2.21. The Kier molecular flexibility index (Phi) is 3.66. The molecule has 1 aliphatic rings. The normalized spacial score (nSPS) is 17.7. The van der Waals surface area contributed by atoms with Gasteiger partial charge in [0.1, 0.15) is 0 Å². The maximum Gasteiger partial charge on any atom is 0.308 e. The van der Waals surface area contributed by atoms with E-state index in [2.05, 4.69) is 5.10 Å². The summed E-state index contributed by atoms with van der Waals surface area (Å²) >= 11 is 0. The molecule has 1 aliphatic heterocycles. The van der Waals surface area contributed by atoms with Crippen LogP contribution in [0.2, 0.25) is 0 Å². The Morgan fingerprint density at radius 3 is 2.64 bits per heavy atom. The molecule has 1 saturated heterocycles. The number of aryl methyl sites for hydroxylation is 1. The number of amides is 1. The summed E-state index contributed by atoms with van der Waals surface area (Å²) in [5.74, 6) is -1.45. The van der Waals surface area contributed by atoms with Crippen molar-refractivity contribution in [2.24, 2.45) is 5.92 Å². The Labute approximate surface area is 128 Å². The fourth-order valence-electron chi connectivity index (χ4n) is 2.70. The molecule has 6 heteroatoms. The number of aliphatic carboxylic acids is 1. The minimum absolute atomic E-state index is 0.150. The summed E-state index contributed by atoms with van der Waals surface area (Å²) in [6, 6.07) is 9.56. The van der Waals surface area contributed by atoms with Crippen molar-refractivity contribution in [3.8, 4) is 5.69 Å². The number of rotatable bonds is 3.